The maximum absolute atomic E-state index is 5.57. The van der Waals surface area contributed by atoms with Crippen LogP contribution in [0, 0.1) is 5.92 Å². The van der Waals surface area contributed by atoms with Crippen LogP contribution in [0.1, 0.15) is 19.4 Å². The molecule has 0 aromatic heterocycles. The van der Waals surface area contributed by atoms with Crippen molar-refractivity contribution in [1.82, 2.24) is 0 Å². The number of rotatable bonds is 5. The molecule has 0 atom stereocenters. The molecular weight excluding hydrogens is 188 g/mol. The first-order chi connectivity index (χ1) is 7.13. The summed E-state index contributed by atoms with van der Waals surface area (Å²) < 4.78 is 10.6. The lowest BCUT2D eigenvalue weighted by atomic mass is 10.2. The maximum atomic E-state index is 5.57. The molecule has 0 heterocycles. The summed E-state index contributed by atoms with van der Waals surface area (Å²) in [5, 5.41) is 0. The van der Waals surface area contributed by atoms with E-state index in [2.05, 4.69) is 20.4 Å². The first kappa shape index (κ1) is 11.6. The van der Waals surface area contributed by atoms with E-state index < -0.39 is 0 Å². The van der Waals surface area contributed by atoms with Crippen molar-refractivity contribution in [2.75, 3.05) is 13.7 Å². The Kier molecular flexibility index (Phi) is 4.22. The van der Waals surface area contributed by atoms with Crippen LogP contribution in [0.2, 0.25) is 0 Å². The number of hydrogen-bond acceptors (Lipinski definition) is 2. The van der Waals surface area contributed by atoms with Crippen LogP contribution < -0.4 is 4.74 Å². The quantitative estimate of drug-likeness (QED) is 0.688. The third kappa shape index (κ3) is 3.66. The summed E-state index contributed by atoms with van der Waals surface area (Å²) in [6, 6.07) is 7.76. The van der Waals surface area contributed by atoms with Crippen molar-refractivity contribution in [1.29, 1.82) is 0 Å². The van der Waals surface area contributed by atoms with Crippen molar-refractivity contribution < 1.29 is 9.47 Å². The van der Waals surface area contributed by atoms with Crippen LogP contribution >= 0.6 is 0 Å². The fourth-order valence-electron chi connectivity index (χ4n) is 1.12. The number of hydrogen-bond donors (Lipinski definition) is 0. The molecule has 0 fully saturated rings. The minimum absolute atomic E-state index is 0.540. The van der Waals surface area contributed by atoms with Gasteiger partial charge in [-0.15, -0.1) is 0 Å². The van der Waals surface area contributed by atoms with Crippen LogP contribution in [0.15, 0.2) is 30.8 Å². The molecular formula is C13H18O2. The van der Waals surface area contributed by atoms with Crippen LogP contribution in [-0.2, 0) is 4.74 Å². The van der Waals surface area contributed by atoms with E-state index in [1.54, 1.807) is 7.11 Å². The monoisotopic (exact) mass is 206 g/mol. The second kappa shape index (κ2) is 5.44. The van der Waals surface area contributed by atoms with E-state index >= 15 is 0 Å². The largest absolute Gasteiger partial charge is 0.497 e. The van der Waals surface area contributed by atoms with Crippen molar-refractivity contribution >= 4 is 5.76 Å². The van der Waals surface area contributed by atoms with Gasteiger partial charge in [-0.2, -0.15) is 0 Å². The minimum Gasteiger partial charge on any atom is -0.497 e. The second-order valence-electron chi connectivity index (χ2n) is 3.86. The highest BCUT2D eigenvalue weighted by molar-refractivity contribution is 5.57. The van der Waals surface area contributed by atoms with E-state index in [1.807, 2.05) is 24.3 Å². The van der Waals surface area contributed by atoms with Gasteiger partial charge >= 0.3 is 0 Å². The lowest BCUT2D eigenvalue weighted by molar-refractivity contribution is 0.271. The van der Waals surface area contributed by atoms with Crippen LogP contribution in [-0.4, -0.2) is 13.7 Å². The first-order valence-corrected chi connectivity index (χ1v) is 5.09. The van der Waals surface area contributed by atoms with Crippen LogP contribution in [0.4, 0.5) is 0 Å². The molecule has 0 aliphatic rings. The lowest BCUT2D eigenvalue weighted by Crippen LogP contribution is -2.04. The van der Waals surface area contributed by atoms with Crippen LogP contribution in [0.25, 0.3) is 5.76 Å². The number of benzene rings is 1. The predicted octanol–water partition coefficient (Wildman–Crippen LogP) is 3.34. The van der Waals surface area contributed by atoms with Gasteiger partial charge in [0.25, 0.3) is 0 Å². The molecule has 1 aromatic carbocycles. The van der Waals surface area contributed by atoms with Gasteiger partial charge in [-0.05, 0) is 30.2 Å². The molecule has 2 nitrogen and oxygen atoms in total. The molecule has 0 aliphatic carbocycles. The third-order valence-electron chi connectivity index (χ3n) is 2.01. The Bertz CT molecular complexity index is 312. The van der Waals surface area contributed by atoms with E-state index in [0.29, 0.717) is 11.7 Å². The molecule has 0 amide bonds. The van der Waals surface area contributed by atoms with Crippen LogP contribution in [0.3, 0.4) is 0 Å². The van der Waals surface area contributed by atoms with Gasteiger partial charge in [0, 0.05) is 5.56 Å². The molecule has 0 spiro atoms. The second-order valence-corrected chi connectivity index (χ2v) is 3.86. The molecule has 0 aliphatic heterocycles. The Labute approximate surface area is 91.5 Å². The molecule has 15 heavy (non-hydrogen) atoms. The van der Waals surface area contributed by atoms with Crippen molar-refractivity contribution in [3.05, 3.63) is 36.4 Å². The third-order valence-corrected chi connectivity index (χ3v) is 2.01. The van der Waals surface area contributed by atoms with Gasteiger partial charge in [-0.25, -0.2) is 0 Å². The molecule has 1 aromatic rings. The highest BCUT2D eigenvalue weighted by atomic mass is 16.5. The summed E-state index contributed by atoms with van der Waals surface area (Å²) in [6.45, 7) is 8.78. The topological polar surface area (TPSA) is 18.5 Å². The molecule has 0 unspecified atom stereocenters. The summed E-state index contributed by atoms with van der Waals surface area (Å²) >= 11 is 0. The van der Waals surface area contributed by atoms with E-state index in [0.717, 1.165) is 17.9 Å². The summed E-state index contributed by atoms with van der Waals surface area (Å²) in [5.41, 5.74) is 0.981. The average Bonchev–Trinajstić information content (AvgIpc) is 2.26. The highest BCUT2D eigenvalue weighted by Crippen LogP contribution is 2.18. The molecule has 1 rings (SSSR count). The zero-order valence-electron chi connectivity index (χ0n) is 9.62. The van der Waals surface area contributed by atoms with Crippen molar-refractivity contribution in [2.45, 2.75) is 13.8 Å². The van der Waals surface area contributed by atoms with Gasteiger partial charge in [0.15, 0.2) is 0 Å². The first-order valence-electron chi connectivity index (χ1n) is 5.09. The number of methoxy groups -OCH3 is 1. The van der Waals surface area contributed by atoms with Gasteiger partial charge in [0.1, 0.15) is 11.5 Å². The van der Waals surface area contributed by atoms with Crippen molar-refractivity contribution in [2.24, 2.45) is 5.92 Å². The fourth-order valence-corrected chi connectivity index (χ4v) is 1.12. The molecule has 0 saturated heterocycles. The van der Waals surface area contributed by atoms with Gasteiger partial charge in [0.2, 0.25) is 0 Å². The Morgan fingerprint density at radius 1 is 1.27 bits per heavy atom. The normalized spacial score (nSPS) is 10.1. The number of ether oxygens (including phenoxy) is 2. The molecule has 0 radical (unpaired) electrons. The maximum Gasteiger partial charge on any atom is 0.119 e. The van der Waals surface area contributed by atoms with Crippen molar-refractivity contribution in [3.63, 3.8) is 0 Å². The molecule has 82 valence electrons. The summed E-state index contributed by atoms with van der Waals surface area (Å²) in [6.07, 6.45) is 0. The van der Waals surface area contributed by atoms with Gasteiger partial charge in [-0.3, -0.25) is 0 Å². The molecule has 2 heteroatoms. The highest BCUT2D eigenvalue weighted by Gasteiger charge is 2.00. The molecule has 0 N–H and O–H groups in total. The summed E-state index contributed by atoms with van der Waals surface area (Å²) in [7, 11) is 1.62. The predicted molar refractivity (Wildman–Crippen MR) is 62.8 cm³/mol. The fraction of sp³-hybridized carbons (Fsp3) is 0.385. The minimum atomic E-state index is 0.540. The standard InChI is InChI=1S/C13H18O2/c1-10(2)9-15-13-7-5-12(6-8-13)11(3)14-4/h5-8,10H,3,9H2,1-2,4H3. The Morgan fingerprint density at radius 2 is 1.87 bits per heavy atom. The molecule has 0 saturated carbocycles. The SMILES string of the molecule is C=C(OC)c1ccc(OCC(C)C)cc1. The summed E-state index contributed by atoms with van der Waals surface area (Å²) in [4.78, 5) is 0. The van der Waals surface area contributed by atoms with E-state index in [9.17, 15) is 0 Å². The smallest absolute Gasteiger partial charge is 0.119 e. The Morgan fingerprint density at radius 3 is 2.33 bits per heavy atom. The zero-order chi connectivity index (χ0) is 11.3. The summed E-state index contributed by atoms with van der Waals surface area (Å²) in [5.74, 6) is 2.10. The average molecular weight is 206 g/mol. The van der Waals surface area contributed by atoms with Gasteiger partial charge in [0.05, 0.1) is 13.7 Å². The zero-order valence-corrected chi connectivity index (χ0v) is 9.62. The van der Waals surface area contributed by atoms with E-state index in [-0.39, 0.29) is 0 Å². The molecule has 0 bridgehead atoms. The van der Waals surface area contributed by atoms with E-state index in [1.165, 1.54) is 0 Å². The van der Waals surface area contributed by atoms with Crippen molar-refractivity contribution in [3.8, 4) is 5.75 Å². The van der Waals surface area contributed by atoms with E-state index in [4.69, 9.17) is 9.47 Å². The lowest BCUT2D eigenvalue weighted by Gasteiger charge is -2.09. The Hall–Kier alpha value is -1.44. The van der Waals surface area contributed by atoms with Gasteiger partial charge < -0.3 is 9.47 Å². The van der Waals surface area contributed by atoms with Crippen LogP contribution in [0.5, 0.6) is 5.75 Å². The van der Waals surface area contributed by atoms with Gasteiger partial charge in [-0.1, -0.05) is 20.4 Å². The Balaban J connectivity index is 2.60.